The van der Waals surface area contributed by atoms with E-state index >= 15 is 0 Å². The number of sulfonamides is 1. The fourth-order valence-corrected chi connectivity index (χ4v) is 5.41. The smallest absolute Gasteiger partial charge is 0.324 e. The van der Waals surface area contributed by atoms with Crippen LogP contribution in [-0.2, 0) is 30.9 Å². The van der Waals surface area contributed by atoms with Gasteiger partial charge in [-0.2, -0.15) is 9.40 Å². The minimum atomic E-state index is -3.98. The molecule has 1 aliphatic heterocycles. The Labute approximate surface area is 206 Å². The number of rotatable bonds is 6. The van der Waals surface area contributed by atoms with Crippen LogP contribution in [-0.4, -0.2) is 79.1 Å². The van der Waals surface area contributed by atoms with E-state index in [1.54, 1.807) is 31.0 Å². The molecule has 1 unspecified atom stereocenters. The number of anilines is 1. The normalized spacial score (nSPS) is 17.4. The third-order valence-corrected chi connectivity index (χ3v) is 8.17. The molecule has 0 saturated carbocycles. The van der Waals surface area contributed by atoms with Gasteiger partial charge in [-0.25, -0.2) is 13.1 Å². The van der Waals surface area contributed by atoms with E-state index in [9.17, 15) is 22.8 Å². The highest BCUT2D eigenvalue weighted by Crippen LogP contribution is 2.26. The molecule has 2 heterocycles. The summed E-state index contributed by atoms with van der Waals surface area (Å²) in [6.45, 7) is 1.65. The summed E-state index contributed by atoms with van der Waals surface area (Å²) in [6.07, 6.45) is 1.15. The van der Waals surface area contributed by atoms with E-state index in [0.29, 0.717) is 12.1 Å². The zero-order valence-electron chi connectivity index (χ0n) is 18.6. The van der Waals surface area contributed by atoms with Crippen molar-refractivity contribution >= 4 is 50.8 Å². The van der Waals surface area contributed by atoms with Crippen LogP contribution in [0.25, 0.3) is 0 Å². The van der Waals surface area contributed by atoms with Crippen LogP contribution in [0, 0.1) is 6.92 Å². The summed E-state index contributed by atoms with van der Waals surface area (Å²) >= 11 is 11.5. The Morgan fingerprint density at radius 1 is 1.26 bits per heavy atom. The molecule has 14 heteroatoms. The van der Waals surface area contributed by atoms with E-state index in [-0.39, 0.29) is 33.7 Å². The highest BCUT2D eigenvalue weighted by atomic mass is 35.5. The lowest BCUT2D eigenvalue weighted by molar-refractivity contribution is -0.147. The summed E-state index contributed by atoms with van der Waals surface area (Å²) in [4.78, 5) is 38.3. The van der Waals surface area contributed by atoms with E-state index in [1.165, 1.54) is 17.5 Å². The van der Waals surface area contributed by atoms with E-state index in [1.807, 2.05) is 0 Å². The number of ether oxygens (including phenoxy) is 1. The van der Waals surface area contributed by atoms with Gasteiger partial charge in [-0.3, -0.25) is 19.3 Å². The van der Waals surface area contributed by atoms with Crippen LogP contribution in [0.5, 0.6) is 0 Å². The number of benzene rings is 1. The first-order valence-electron chi connectivity index (χ1n) is 10.1. The second kappa shape index (κ2) is 10.4. The van der Waals surface area contributed by atoms with Gasteiger partial charge in [0.25, 0.3) is 5.56 Å². The van der Waals surface area contributed by atoms with Gasteiger partial charge in [0.1, 0.15) is 17.6 Å². The number of hydrogen-bond acceptors (Lipinski definition) is 8. The number of hydrogen-bond donors (Lipinski definition) is 1. The maximum atomic E-state index is 13.4. The lowest BCUT2D eigenvalue weighted by Gasteiger charge is -2.37. The van der Waals surface area contributed by atoms with Gasteiger partial charge in [0.2, 0.25) is 15.9 Å². The largest absolute Gasteiger partial charge is 0.468 e. The minimum absolute atomic E-state index is 0.0108. The topological polar surface area (TPSA) is 131 Å². The number of nitrogens with zero attached hydrogens (tertiary/aromatic N) is 4. The number of esters is 1. The Balaban J connectivity index is 1.81. The highest BCUT2D eigenvalue weighted by molar-refractivity contribution is 7.89. The second-order valence-electron chi connectivity index (χ2n) is 7.68. The summed E-state index contributed by atoms with van der Waals surface area (Å²) in [6, 6.07) is 3.70. The first kappa shape index (κ1) is 26.1. The van der Waals surface area contributed by atoms with Crippen molar-refractivity contribution in [2.45, 2.75) is 24.4 Å². The van der Waals surface area contributed by atoms with Gasteiger partial charge in [-0.1, -0.05) is 29.3 Å². The van der Waals surface area contributed by atoms with E-state index < -0.39 is 40.0 Å². The van der Waals surface area contributed by atoms with Gasteiger partial charge in [0.15, 0.2) is 0 Å². The molecule has 0 bridgehead atoms. The monoisotopic (exact) mass is 531 g/mol. The molecule has 184 valence electrons. The predicted molar refractivity (Wildman–Crippen MR) is 126 cm³/mol. The van der Waals surface area contributed by atoms with Gasteiger partial charge < -0.3 is 10.1 Å². The van der Waals surface area contributed by atoms with Crippen molar-refractivity contribution < 1.29 is 22.7 Å². The second-order valence-corrected chi connectivity index (χ2v) is 10.4. The van der Waals surface area contributed by atoms with E-state index in [0.717, 1.165) is 10.9 Å². The molecule has 0 spiro atoms. The number of aromatic nitrogens is 2. The summed E-state index contributed by atoms with van der Waals surface area (Å²) in [5, 5.41) is 6.04. The molecule has 1 aliphatic rings. The van der Waals surface area contributed by atoms with Gasteiger partial charge in [-0.05, 0) is 31.7 Å². The number of piperazine rings is 1. The number of carbonyl (C=O) groups is 2. The van der Waals surface area contributed by atoms with Crippen molar-refractivity contribution in [3.8, 4) is 0 Å². The number of halogens is 2. The van der Waals surface area contributed by atoms with Crippen LogP contribution in [0.15, 0.2) is 34.1 Å². The molecule has 1 aromatic heterocycles. The van der Waals surface area contributed by atoms with Crippen molar-refractivity contribution in [3.63, 3.8) is 0 Å². The third kappa shape index (κ3) is 5.41. The maximum absolute atomic E-state index is 13.4. The summed E-state index contributed by atoms with van der Waals surface area (Å²) in [5.41, 5.74) is -0.0541. The predicted octanol–water partition coefficient (Wildman–Crippen LogP) is 0.975. The summed E-state index contributed by atoms with van der Waals surface area (Å²) in [7, 11) is -1.00. The molecule has 3 rings (SSSR count). The summed E-state index contributed by atoms with van der Waals surface area (Å²) in [5.74, 6) is -1.14. The van der Waals surface area contributed by atoms with Gasteiger partial charge in [0.05, 0.1) is 23.2 Å². The van der Waals surface area contributed by atoms with Crippen molar-refractivity contribution in [1.82, 2.24) is 19.0 Å². The van der Waals surface area contributed by atoms with Gasteiger partial charge in [0, 0.05) is 25.3 Å². The Morgan fingerprint density at radius 2 is 1.97 bits per heavy atom. The molecule has 11 nitrogen and oxygen atoms in total. The number of likely N-dealkylation sites (N-methyl/N-ethyl adjacent to an activating group) is 1. The first-order chi connectivity index (χ1) is 15.9. The molecule has 34 heavy (non-hydrogen) atoms. The molecule has 0 radical (unpaired) electrons. The van der Waals surface area contributed by atoms with Gasteiger partial charge >= 0.3 is 5.97 Å². The van der Waals surface area contributed by atoms with Crippen molar-refractivity contribution in [2.24, 2.45) is 0 Å². The molecule has 1 fully saturated rings. The fourth-order valence-electron chi connectivity index (χ4n) is 3.45. The van der Waals surface area contributed by atoms with Crippen LogP contribution in [0.2, 0.25) is 10.0 Å². The zero-order chi connectivity index (χ0) is 25.2. The summed E-state index contributed by atoms with van der Waals surface area (Å²) < 4.78 is 33.6. The molecule has 0 aliphatic carbocycles. The molecular weight excluding hydrogens is 509 g/mol. The average Bonchev–Trinajstić information content (AvgIpc) is 2.80. The highest BCUT2D eigenvalue weighted by Gasteiger charge is 2.37. The van der Waals surface area contributed by atoms with Crippen LogP contribution in [0.1, 0.15) is 5.56 Å². The molecular formula is C20H23Cl2N5O6S. The molecule has 1 atom stereocenters. The van der Waals surface area contributed by atoms with Crippen LogP contribution in [0.4, 0.5) is 5.69 Å². The molecule has 1 N–H and O–H groups in total. The lowest BCUT2D eigenvalue weighted by Crippen LogP contribution is -2.56. The van der Waals surface area contributed by atoms with E-state index in [2.05, 4.69) is 10.4 Å². The molecule has 2 aromatic rings. The Kier molecular flexibility index (Phi) is 7.98. The Bertz CT molecular complexity index is 1280. The number of methoxy groups -OCH3 is 1. The zero-order valence-corrected chi connectivity index (χ0v) is 20.9. The number of amides is 1. The van der Waals surface area contributed by atoms with E-state index in [4.69, 9.17) is 27.9 Å². The van der Waals surface area contributed by atoms with Crippen LogP contribution < -0.4 is 10.9 Å². The van der Waals surface area contributed by atoms with Crippen molar-refractivity contribution in [1.29, 1.82) is 0 Å². The third-order valence-electron chi connectivity index (χ3n) is 5.41. The standard InChI is InChI=1S/C20H23Cl2N5O6S/c1-12-4-5-13(24-17(28)11-27-19(29)18(22)14(21)9-23-27)8-16(12)34(31,32)26-7-6-25(2)15(10-26)20(30)33-3/h4-5,8-9,15H,6-7,10-11H2,1-3H3,(H,24,28). The van der Waals surface area contributed by atoms with Crippen molar-refractivity contribution in [2.75, 3.05) is 39.1 Å². The number of nitrogens with one attached hydrogen (secondary N) is 1. The molecule has 1 amide bonds. The number of carbonyl (C=O) groups excluding carboxylic acids is 2. The first-order valence-corrected chi connectivity index (χ1v) is 12.2. The Hall–Kier alpha value is -2.51. The molecule has 1 aromatic carbocycles. The maximum Gasteiger partial charge on any atom is 0.324 e. The minimum Gasteiger partial charge on any atom is -0.468 e. The average molecular weight is 532 g/mol. The quantitative estimate of drug-likeness (QED) is 0.545. The van der Waals surface area contributed by atoms with Crippen LogP contribution in [0.3, 0.4) is 0 Å². The lowest BCUT2D eigenvalue weighted by atomic mass is 10.2. The SMILES string of the molecule is COC(=O)C1CN(S(=O)(=O)c2cc(NC(=O)Cn3ncc(Cl)c(Cl)c3=O)ccc2C)CCN1C. The Morgan fingerprint density at radius 3 is 2.65 bits per heavy atom. The van der Waals surface area contributed by atoms with Gasteiger partial charge in [-0.15, -0.1) is 0 Å². The van der Waals surface area contributed by atoms with Crippen molar-refractivity contribution in [3.05, 3.63) is 50.4 Å². The van der Waals surface area contributed by atoms with Crippen LogP contribution >= 0.6 is 23.2 Å². The number of aryl methyl sites for hydroxylation is 1. The molecule has 1 saturated heterocycles. The fraction of sp³-hybridized carbons (Fsp3) is 0.400.